The van der Waals surface area contributed by atoms with Crippen molar-refractivity contribution in [2.45, 2.75) is 12.6 Å². The molecule has 0 bridgehead atoms. The monoisotopic (exact) mass is 465 g/mol. The van der Waals surface area contributed by atoms with Gasteiger partial charge in [-0.25, -0.2) is 8.78 Å². The first kappa shape index (κ1) is 22.8. The molecule has 33 heavy (non-hydrogen) atoms. The number of hydrogen-bond acceptors (Lipinski definition) is 4. The van der Waals surface area contributed by atoms with Gasteiger partial charge in [-0.05, 0) is 29.4 Å². The van der Waals surface area contributed by atoms with E-state index in [0.717, 1.165) is 30.9 Å². The molecule has 0 saturated carbocycles. The minimum Gasteiger partial charge on any atom is -0.375 e. The summed E-state index contributed by atoms with van der Waals surface area (Å²) in [6.45, 7) is 2.64. The maximum atomic E-state index is 15.0. The van der Waals surface area contributed by atoms with E-state index in [9.17, 15) is 4.39 Å². The molecule has 0 radical (unpaired) electrons. The molecule has 1 heterocycles. The zero-order valence-electron chi connectivity index (χ0n) is 18.0. The second-order valence-electron chi connectivity index (χ2n) is 7.89. The molecule has 8 heteroatoms. The Morgan fingerprint density at radius 2 is 1.73 bits per heavy atom. The van der Waals surface area contributed by atoms with Gasteiger partial charge in [-0.3, -0.25) is 10.3 Å². The summed E-state index contributed by atoms with van der Waals surface area (Å²) >= 11 is 4.65. The Kier molecular flexibility index (Phi) is 7.26. The predicted octanol–water partition coefficient (Wildman–Crippen LogP) is 4.20. The van der Waals surface area contributed by atoms with Crippen molar-refractivity contribution >= 4 is 29.2 Å². The van der Waals surface area contributed by atoms with Crippen LogP contribution in [0.1, 0.15) is 22.7 Å². The Bertz CT molecular complexity index is 1120. The lowest BCUT2D eigenvalue weighted by Gasteiger charge is -2.43. The second-order valence-corrected chi connectivity index (χ2v) is 8.33. The highest BCUT2D eigenvalue weighted by Gasteiger charge is 2.30. The van der Waals surface area contributed by atoms with Crippen molar-refractivity contribution in [3.8, 4) is 0 Å². The number of nitrogens with two attached hydrogens (primary N) is 1. The van der Waals surface area contributed by atoms with Crippen LogP contribution >= 0.6 is 12.2 Å². The molecule has 1 atom stereocenters. The van der Waals surface area contributed by atoms with Crippen LogP contribution in [0.25, 0.3) is 0 Å². The number of thiocarbonyl (C=S) groups is 1. The average molecular weight is 466 g/mol. The van der Waals surface area contributed by atoms with E-state index >= 15 is 4.39 Å². The highest BCUT2D eigenvalue weighted by Crippen LogP contribution is 2.32. The third-order valence-corrected chi connectivity index (χ3v) is 5.78. The maximum absolute atomic E-state index is 15.0. The van der Waals surface area contributed by atoms with E-state index in [1.165, 1.54) is 11.6 Å². The molecule has 3 aromatic carbocycles. The van der Waals surface area contributed by atoms with Gasteiger partial charge >= 0.3 is 0 Å². The standard InChI is InChI=1S/C25H25F2N5S/c26-21-14-23(22(27)13-20(21)15-29-30-25(28)33)32-12-11-31(16-18-7-3-1-4-8-18)24(17-32)19-9-5-2-6-10-19/h1-10,13-15,24H,11-12,16-17H2,(H3,28,30,33)/t24-/m0/s1. The summed E-state index contributed by atoms with van der Waals surface area (Å²) < 4.78 is 29.7. The molecular formula is C25H25F2N5S. The number of halogens is 2. The predicted molar refractivity (Wildman–Crippen MR) is 132 cm³/mol. The molecule has 0 spiro atoms. The molecule has 1 aliphatic rings. The maximum Gasteiger partial charge on any atom is 0.184 e. The van der Waals surface area contributed by atoms with Gasteiger partial charge in [-0.1, -0.05) is 60.7 Å². The van der Waals surface area contributed by atoms with Crippen molar-refractivity contribution in [3.05, 3.63) is 101 Å². The Balaban J connectivity index is 1.58. The van der Waals surface area contributed by atoms with Crippen molar-refractivity contribution in [3.63, 3.8) is 0 Å². The summed E-state index contributed by atoms with van der Waals surface area (Å²) in [5.41, 5.74) is 10.3. The largest absolute Gasteiger partial charge is 0.375 e. The number of nitrogens with one attached hydrogen (secondary N) is 1. The highest BCUT2D eigenvalue weighted by atomic mass is 32.1. The number of benzene rings is 3. The Morgan fingerprint density at radius 1 is 1.03 bits per heavy atom. The van der Waals surface area contributed by atoms with Gasteiger partial charge in [0.2, 0.25) is 0 Å². The SMILES string of the molecule is NC(=S)NN=Cc1cc(F)c(N2CCN(Cc3ccccc3)[C@H](c3ccccc3)C2)cc1F. The van der Waals surface area contributed by atoms with Crippen molar-refractivity contribution in [1.82, 2.24) is 10.3 Å². The summed E-state index contributed by atoms with van der Waals surface area (Å²) in [5.74, 6) is -1.07. The van der Waals surface area contributed by atoms with E-state index in [0.29, 0.717) is 13.1 Å². The van der Waals surface area contributed by atoms with Gasteiger partial charge in [0.25, 0.3) is 0 Å². The van der Waals surface area contributed by atoms with Gasteiger partial charge in [-0.15, -0.1) is 0 Å². The van der Waals surface area contributed by atoms with Gasteiger partial charge in [0.05, 0.1) is 17.9 Å². The van der Waals surface area contributed by atoms with E-state index in [2.05, 4.69) is 51.9 Å². The molecule has 0 unspecified atom stereocenters. The zero-order valence-corrected chi connectivity index (χ0v) is 18.8. The lowest BCUT2D eigenvalue weighted by molar-refractivity contribution is 0.168. The van der Waals surface area contributed by atoms with E-state index in [1.54, 1.807) is 0 Å². The summed E-state index contributed by atoms with van der Waals surface area (Å²) in [5, 5.41) is 3.67. The molecule has 0 amide bonds. The van der Waals surface area contributed by atoms with Gasteiger partial charge < -0.3 is 10.6 Å². The zero-order chi connectivity index (χ0) is 23.2. The first-order chi connectivity index (χ1) is 16.0. The van der Waals surface area contributed by atoms with Crippen LogP contribution in [0.2, 0.25) is 0 Å². The summed E-state index contributed by atoms with van der Waals surface area (Å²) in [6.07, 6.45) is 1.16. The lowest BCUT2D eigenvalue weighted by Crippen LogP contribution is -2.48. The van der Waals surface area contributed by atoms with Crippen LogP contribution in [0.5, 0.6) is 0 Å². The number of rotatable bonds is 6. The average Bonchev–Trinajstić information content (AvgIpc) is 2.82. The summed E-state index contributed by atoms with van der Waals surface area (Å²) in [4.78, 5) is 4.30. The fourth-order valence-corrected chi connectivity index (χ4v) is 4.15. The molecule has 5 nitrogen and oxygen atoms in total. The summed E-state index contributed by atoms with van der Waals surface area (Å²) in [6, 6.07) is 22.8. The van der Waals surface area contributed by atoms with Crippen LogP contribution in [0, 0.1) is 11.6 Å². The fourth-order valence-electron chi connectivity index (χ4n) is 4.10. The number of piperazine rings is 1. The molecule has 0 aliphatic carbocycles. The van der Waals surface area contributed by atoms with Crippen molar-refractivity contribution in [1.29, 1.82) is 0 Å². The number of hydrazone groups is 1. The molecule has 1 fully saturated rings. The molecular weight excluding hydrogens is 440 g/mol. The smallest absolute Gasteiger partial charge is 0.184 e. The lowest BCUT2D eigenvalue weighted by atomic mass is 10.0. The Labute approximate surface area is 197 Å². The molecule has 4 rings (SSSR count). The third-order valence-electron chi connectivity index (χ3n) is 5.69. The van der Waals surface area contributed by atoms with Gasteiger partial charge in [0.15, 0.2) is 5.11 Å². The van der Waals surface area contributed by atoms with Gasteiger partial charge in [-0.2, -0.15) is 5.10 Å². The normalized spacial score (nSPS) is 16.8. The van der Waals surface area contributed by atoms with Gasteiger partial charge in [0.1, 0.15) is 11.6 Å². The van der Waals surface area contributed by atoms with Crippen LogP contribution in [-0.2, 0) is 6.54 Å². The van der Waals surface area contributed by atoms with E-state index in [4.69, 9.17) is 5.73 Å². The number of hydrogen-bond donors (Lipinski definition) is 2. The minimum atomic E-state index is -0.567. The number of nitrogens with zero attached hydrogens (tertiary/aromatic N) is 3. The third kappa shape index (κ3) is 5.71. The topological polar surface area (TPSA) is 56.9 Å². The van der Waals surface area contributed by atoms with E-state index in [-0.39, 0.29) is 22.4 Å². The van der Waals surface area contributed by atoms with Crippen molar-refractivity contribution in [2.24, 2.45) is 10.8 Å². The Morgan fingerprint density at radius 3 is 2.42 bits per heavy atom. The highest BCUT2D eigenvalue weighted by molar-refractivity contribution is 7.80. The molecule has 1 saturated heterocycles. The first-order valence-electron chi connectivity index (χ1n) is 10.7. The number of anilines is 1. The fraction of sp³-hybridized carbons (Fsp3) is 0.200. The van der Waals surface area contributed by atoms with E-state index in [1.807, 2.05) is 41.3 Å². The van der Waals surface area contributed by atoms with Crippen LogP contribution in [0.4, 0.5) is 14.5 Å². The summed E-state index contributed by atoms with van der Waals surface area (Å²) in [7, 11) is 0. The molecule has 3 aromatic rings. The Hall–Kier alpha value is -3.36. The van der Waals surface area contributed by atoms with Gasteiger partial charge in [0, 0.05) is 37.8 Å². The molecule has 3 N–H and O–H groups in total. The quantitative estimate of drug-likeness (QED) is 0.325. The van der Waals surface area contributed by atoms with Crippen molar-refractivity contribution < 1.29 is 8.78 Å². The minimum absolute atomic E-state index is 0.0160. The van der Waals surface area contributed by atoms with Crippen LogP contribution in [-0.4, -0.2) is 35.9 Å². The second kappa shape index (κ2) is 10.5. The van der Waals surface area contributed by atoms with Crippen molar-refractivity contribution in [2.75, 3.05) is 24.5 Å². The van der Waals surface area contributed by atoms with Crippen LogP contribution < -0.4 is 16.1 Å². The van der Waals surface area contributed by atoms with Crippen LogP contribution in [0.15, 0.2) is 77.9 Å². The molecule has 1 aliphatic heterocycles. The molecule has 0 aromatic heterocycles. The van der Waals surface area contributed by atoms with Crippen LogP contribution in [0.3, 0.4) is 0 Å². The first-order valence-corrected chi connectivity index (χ1v) is 11.1. The molecule has 170 valence electrons. The van der Waals surface area contributed by atoms with E-state index < -0.39 is 11.6 Å².